The van der Waals surface area contributed by atoms with Gasteiger partial charge in [-0.3, -0.25) is 4.57 Å². The Morgan fingerprint density at radius 1 is 1.31 bits per heavy atom. The van der Waals surface area contributed by atoms with Crippen molar-refractivity contribution in [1.29, 1.82) is 0 Å². The molecule has 0 bridgehead atoms. The van der Waals surface area contributed by atoms with Crippen LogP contribution in [0.25, 0.3) is 11.2 Å². The quantitative estimate of drug-likeness (QED) is 0.288. The van der Waals surface area contributed by atoms with Gasteiger partial charge in [0, 0.05) is 0 Å². The number of nitrogens with two attached hydrogens (primary N) is 1. The maximum absolute atomic E-state index is 10.3. The van der Waals surface area contributed by atoms with Crippen molar-refractivity contribution in [3.05, 3.63) is 41.7 Å². The number of nitrogen functional groups attached to an aromatic ring is 1. The number of fused-ring (bicyclic) bond motifs is 1. The molecule has 152 valence electrons. The fourth-order valence-electron chi connectivity index (χ4n) is 3.20. The number of aryl methyl sites for hydroxylation is 1. The molecule has 1 saturated heterocycles. The largest absolute Gasteiger partial charge is 0.394 e. The van der Waals surface area contributed by atoms with Crippen molar-refractivity contribution in [2.75, 3.05) is 17.8 Å². The zero-order valence-corrected chi connectivity index (χ0v) is 15.5. The summed E-state index contributed by atoms with van der Waals surface area (Å²) in [6.45, 7) is 1.56. The van der Waals surface area contributed by atoms with Crippen LogP contribution in [0.1, 0.15) is 17.4 Å². The van der Waals surface area contributed by atoms with Crippen LogP contribution in [0.2, 0.25) is 0 Å². The fraction of sp³-hybridized carbons (Fsp3) is 0.333. The van der Waals surface area contributed by atoms with Gasteiger partial charge in [0.25, 0.3) is 0 Å². The summed E-state index contributed by atoms with van der Waals surface area (Å²) in [5, 5.41) is 33.7. The molecular formula is C18H21N7O4. The van der Waals surface area contributed by atoms with Gasteiger partial charge >= 0.3 is 0 Å². The zero-order valence-electron chi connectivity index (χ0n) is 15.5. The van der Waals surface area contributed by atoms with E-state index in [2.05, 4.69) is 25.5 Å². The second-order valence-corrected chi connectivity index (χ2v) is 6.77. The molecule has 1 fully saturated rings. The van der Waals surface area contributed by atoms with E-state index in [0.29, 0.717) is 11.2 Å². The van der Waals surface area contributed by atoms with Gasteiger partial charge in [-0.05, 0) is 12.5 Å². The Bertz CT molecular complexity index is 1050. The highest BCUT2D eigenvalue weighted by Gasteiger charge is 2.44. The van der Waals surface area contributed by atoms with Crippen LogP contribution in [0.15, 0.2) is 35.7 Å². The lowest BCUT2D eigenvalue weighted by Gasteiger charge is -2.16. The number of aliphatic hydroxyl groups is 3. The summed E-state index contributed by atoms with van der Waals surface area (Å²) in [7, 11) is 0. The van der Waals surface area contributed by atoms with Crippen molar-refractivity contribution in [3.8, 4) is 0 Å². The Hall–Kier alpha value is -3.12. The molecule has 6 N–H and O–H groups in total. The van der Waals surface area contributed by atoms with E-state index in [1.165, 1.54) is 10.9 Å². The molecule has 2 unspecified atom stereocenters. The molecule has 11 heteroatoms. The van der Waals surface area contributed by atoms with Gasteiger partial charge < -0.3 is 25.8 Å². The second-order valence-electron chi connectivity index (χ2n) is 6.77. The van der Waals surface area contributed by atoms with Crippen LogP contribution >= 0.6 is 0 Å². The number of nitrogens with zero attached hydrogens (tertiary/aromatic N) is 5. The summed E-state index contributed by atoms with van der Waals surface area (Å²) < 4.78 is 6.98. The van der Waals surface area contributed by atoms with Crippen LogP contribution in [-0.4, -0.2) is 66.0 Å². The number of hydrazone groups is 1. The molecule has 1 aliphatic heterocycles. The molecule has 4 atom stereocenters. The predicted molar refractivity (Wildman–Crippen MR) is 105 cm³/mol. The molecule has 11 nitrogen and oxygen atoms in total. The number of benzene rings is 1. The third-order valence-corrected chi connectivity index (χ3v) is 4.66. The van der Waals surface area contributed by atoms with Crippen LogP contribution in [0.3, 0.4) is 0 Å². The average molecular weight is 399 g/mol. The van der Waals surface area contributed by atoms with E-state index in [9.17, 15) is 15.3 Å². The molecular weight excluding hydrogens is 378 g/mol. The van der Waals surface area contributed by atoms with Crippen LogP contribution in [0.4, 0.5) is 11.8 Å². The Kier molecular flexibility index (Phi) is 5.11. The minimum absolute atomic E-state index is 0.119. The van der Waals surface area contributed by atoms with Crippen molar-refractivity contribution < 1.29 is 20.1 Å². The number of hydrogen-bond donors (Lipinski definition) is 5. The lowest BCUT2D eigenvalue weighted by atomic mass is 10.1. The first-order valence-corrected chi connectivity index (χ1v) is 8.96. The highest BCUT2D eigenvalue weighted by molar-refractivity contribution is 5.83. The van der Waals surface area contributed by atoms with Gasteiger partial charge in [0.15, 0.2) is 17.7 Å². The van der Waals surface area contributed by atoms with Crippen LogP contribution in [0.5, 0.6) is 0 Å². The number of imidazole rings is 1. The van der Waals surface area contributed by atoms with E-state index in [1.54, 1.807) is 6.21 Å². The van der Waals surface area contributed by atoms with E-state index >= 15 is 0 Å². The number of hydrogen-bond acceptors (Lipinski definition) is 10. The fourth-order valence-corrected chi connectivity index (χ4v) is 3.20. The molecule has 0 saturated carbocycles. The molecule has 29 heavy (non-hydrogen) atoms. The number of ether oxygens (including phenoxy) is 1. The summed E-state index contributed by atoms with van der Waals surface area (Å²) in [6, 6.07) is 7.80. The van der Waals surface area contributed by atoms with Crippen molar-refractivity contribution in [1.82, 2.24) is 19.5 Å². The third kappa shape index (κ3) is 3.63. The van der Waals surface area contributed by atoms with Gasteiger partial charge in [-0.1, -0.05) is 29.8 Å². The number of rotatable bonds is 5. The summed E-state index contributed by atoms with van der Waals surface area (Å²) >= 11 is 0. The molecule has 1 aliphatic rings. The first-order chi connectivity index (χ1) is 14.0. The summed E-state index contributed by atoms with van der Waals surface area (Å²) in [4.78, 5) is 12.6. The van der Waals surface area contributed by atoms with E-state index in [-0.39, 0.29) is 11.8 Å². The number of aromatic nitrogens is 4. The molecule has 4 rings (SSSR count). The molecule has 3 heterocycles. The third-order valence-electron chi connectivity index (χ3n) is 4.66. The monoisotopic (exact) mass is 399 g/mol. The van der Waals surface area contributed by atoms with Gasteiger partial charge in [-0.15, -0.1) is 0 Å². The molecule has 2 aromatic heterocycles. The SMILES string of the molecule is Cc1cccc(C=NNc2nc(N)c3ncn([C@@H]4O[C@H](CO)C(O)C4O)c3n2)c1. The average Bonchev–Trinajstić information content (AvgIpc) is 3.24. The van der Waals surface area contributed by atoms with E-state index < -0.39 is 31.1 Å². The number of nitrogens with one attached hydrogen (secondary N) is 1. The van der Waals surface area contributed by atoms with Crippen molar-refractivity contribution in [2.45, 2.75) is 31.5 Å². The minimum atomic E-state index is -1.27. The predicted octanol–water partition coefficient (Wildman–Crippen LogP) is -0.226. The van der Waals surface area contributed by atoms with Crippen molar-refractivity contribution in [3.63, 3.8) is 0 Å². The lowest BCUT2D eigenvalue weighted by Crippen LogP contribution is -2.33. The standard InChI is InChI=1S/C18H21N7O4/c1-9-3-2-4-10(5-9)6-21-24-18-22-15(19)12-16(23-18)25(8-20-12)17-14(28)13(27)11(7-26)29-17/h2-6,8,11,13-14,17,26-28H,7H2,1H3,(H3,19,22,23,24)/t11-,13?,14?,17-/m1/s1. The van der Waals surface area contributed by atoms with Crippen molar-refractivity contribution in [2.24, 2.45) is 5.10 Å². The number of aliphatic hydroxyl groups excluding tert-OH is 3. The zero-order chi connectivity index (χ0) is 20.5. The van der Waals surface area contributed by atoms with Crippen molar-refractivity contribution >= 4 is 29.1 Å². The number of anilines is 2. The molecule has 1 aromatic carbocycles. The maximum Gasteiger partial charge on any atom is 0.247 e. The minimum Gasteiger partial charge on any atom is -0.394 e. The first kappa shape index (κ1) is 19.2. The lowest BCUT2D eigenvalue weighted by molar-refractivity contribution is -0.0511. The molecule has 0 radical (unpaired) electrons. The Morgan fingerprint density at radius 3 is 2.86 bits per heavy atom. The summed E-state index contributed by atoms with van der Waals surface area (Å²) in [5.74, 6) is 0.251. The van der Waals surface area contributed by atoms with E-state index in [1.807, 2.05) is 31.2 Å². The van der Waals surface area contributed by atoms with Gasteiger partial charge in [-0.2, -0.15) is 15.1 Å². The first-order valence-electron chi connectivity index (χ1n) is 8.96. The highest BCUT2D eigenvalue weighted by atomic mass is 16.6. The summed E-state index contributed by atoms with van der Waals surface area (Å²) in [5.41, 5.74) is 11.3. The Morgan fingerprint density at radius 2 is 2.14 bits per heavy atom. The molecule has 3 aromatic rings. The molecule has 0 amide bonds. The van der Waals surface area contributed by atoms with Gasteiger partial charge in [-0.25, -0.2) is 10.4 Å². The van der Waals surface area contributed by atoms with Crippen LogP contribution < -0.4 is 11.2 Å². The van der Waals surface area contributed by atoms with E-state index in [4.69, 9.17) is 10.5 Å². The van der Waals surface area contributed by atoms with Gasteiger partial charge in [0.1, 0.15) is 23.8 Å². The Labute approximate surface area is 165 Å². The van der Waals surface area contributed by atoms with Gasteiger partial charge in [0.2, 0.25) is 5.95 Å². The second kappa shape index (κ2) is 7.72. The van der Waals surface area contributed by atoms with E-state index in [0.717, 1.165) is 11.1 Å². The topological polar surface area (TPSA) is 164 Å². The molecule has 0 spiro atoms. The Balaban J connectivity index is 1.62. The smallest absolute Gasteiger partial charge is 0.247 e. The normalized spacial score (nSPS) is 24.6. The summed E-state index contributed by atoms with van der Waals surface area (Å²) in [6.07, 6.45) is -1.39. The van der Waals surface area contributed by atoms with Crippen LogP contribution in [0, 0.1) is 6.92 Å². The van der Waals surface area contributed by atoms with Gasteiger partial charge in [0.05, 0.1) is 19.1 Å². The molecule has 0 aliphatic carbocycles. The highest BCUT2D eigenvalue weighted by Crippen LogP contribution is 2.32. The van der Waals surface area contributed by atoms with Crippen LogP contribution in [-0.2, 0) is 4.74 Å². The maximum atomic E-state index is 10.3.